The zero-order chi connectivity index (χ0) is 22.2. The molecule has 1 aliphatic rings. The van der Waals surface area contributed by atoms with E-state index in [4.69, 9.17) is 10.9 Å². The van der Waals surface area contributed by atoms with Crippen LogP contribution in [0, 0.1) is 11.8 Å². The van der Waals surface area contributed by atoms with Crippen molar-refractivity contribution in [3.05, 3.63) is 59.3 Å². The molecule has 2 heterocycles. The third-order valence-electron chi connectivity index (χ3n) is 5.04. The zero-order valence-electron chi connectivity index (χ0n) is 17.3. The minimum absolute atomic E-state index is 0. The average Bonchev–Trinajstić information content (AvgIpc) is 2.81. The molecule has 0 bridgehead atoms. The number of pyridine rings is 1. The Bertz CT molecular complexity index is 958. The van der Waals surface area contributed by atoms with Crippen LogP contribution in [-0.2, 0) is 4.79 Å². The van der Waals surface area contributed by atoms with Crippen LogP contribution in [0.4, 0.5) is 5.82 Å². The lowest BCUT2D eigenvalue weighted by Crippen LogP contribution is -2.50. The number of piperazine rings is 1. The van der Waals surface area contributed by atoms with E-state index in [9.17, 15) is 9.59 Å². The predicted molar refractivity (Wildman–Crippen MR) is 123 cm³/mol. The molecule has 0 radical (unpaired) electrons. The molecule has 1 atom stereocenters. The number of aromatic nitrogens is 1. The average molecular weight is 439 g/mol. The maximum Gasteiger partial charge on any atom is 0.267 e. The molecule has 2 aromatic rings. The minimum Gasteiger partial charge on any atom is -0.354 e. The van der Waals surface area contributed by atoms with E-state index in [1.54, 1.807) is 30.5 Å². The molecule has 1 saturated heterocycles. The van der Waals surface area contributed by atoms with E-state index in [2.05, 4.69) is 39.0 Å². The van der Waals surface area contributed by atoms with Gasteiger partial charge >= 0.3 is 0 Å². The van der Waals surface area contributed by atoms with Gasteiger partial charge < -0.3 is 20.9 Å². The summed E-state index contributed by atoms with van der Waals surface area (Å²) in [7, 11) is 2.12. The predicted octanol–water partition coefficient (Wildman–Crippen LogP) is 0.432. The van der Waals surface area contributed by atoms with E-state index in [1.165, 1.54) is 5.48 Å². The second-order valence-electron chi connectivity index (χ2n) is 7.26. The fourth-order valence-corrected chi connectivity index (χ4v) is 3.08. The van der Waals surface area contributed by atoms with E-state index in [1.807, 2.05) is 12.1 Å². The molecule has 0 spiro atoms. The number of nitrogens with one attached hydrogen (secondary N) is 2. The number of nitrogens with two attached hydrogens (primary N) is 1. The Kier molecular flexibility index (Phi) is 9.16. The van der Waals surface area contributed by atoms with Gasteiger partial charge in [0.05, 0.1) is 0 Å². The van der Waals surface area contributed by atoms with E-state index in [0.717, 1.165) is 43.1 Å². The quantitative estimate of drug-likeness (QED) is 0.303. The summed E-state index contributed by atoms with van der Waals surface area (Å²) < 4.78 is 0. The number of carbonyl (C=O) groups excluding carboxylic acids is 2. The number of hydrogen-bond acceptors (Lipinski definition) is 7. The molecule has 0 saturated carbocycles. The van der Waals surface area contributed by atoms with Crippen LogP contribution in [0.3, 0.4) is 0 Å². The summed E-state index contributed by atoms with van der Waals surface area (Å²) in [4.78, 5) is 32.7. The van der Waals surface area contributed by atoms with Gasteiger partial charge in [-0.25, -0.2) is 10.5 Å². The van der Waals surface area contributed by atoms with Gasteiger partial charge in [-0.3, -0.25) is 14.8 Å². The Balaban J connectivity index is 0.00000363. The summed E-state index contributed by atoms with van der Waals surface area (Å²) in [5.74, 6) is 5.84. The van der Waals surface area contributed by atoms with E-state index in [0.29, 0.717) is 5.56 Å². The molecule has 1 fully saturated rings. The Morgan fingerprint density at radius 1 is 1.09 bits per heavy atom. The van der Waals surface area contributed by atoms with Crippen molar-refractivity contribution in [1.29, 1.82) is 0 Å². The van der Waals surface area contributed by atoms with Crippen molar-refractivity contribution < 1.29 is 14.8 Å². The highest BCUT2D eigenvalue weighted by Gasteiger charge is 2.19. The van der Waals surface area contributed by atoms with Crippen molar-refractivity contribution in [1.82, 2.24) is 20.7 Å². The number of likely N-dealkylation sites (N-methyl/N-ethyl adjacent to an activating group) is 1. The number of hydrogen-bond donors (Lipinski definition) is 4. The van der Waals surface area contributed by atoms with E-state index < -0.39 is 17.9 Å². The summed E-state index contributed by atoms with van der Waals surface area (Å²) >= 11 is 0. The topological polar surface area (TPSA) is 124 Å². The Hall–Kier alpha value is -3.45. The van der Waals surface area contributed by atoms with Crippen LogP contribution in [0.2, 0.25) is 0 Å². The molecule has 1 aliphatic heterocycles. The summed E-state index contributed by atoms with van der Waals surface area (Å²) in [5, 5.41) is 11.1. The maximum atomic E-state index is 12.2. The lowest BCUT2D eigenvalue weighted by Gasteiger charge is -2.33. The maximum absolute atomic E-state index is 12.2. The first kappa shape index (κ1) is 24.8. The number of benzene rings is 1. The summed E-state index contributed by atoms with van der Waals surface area (Å²) in [5.41, 5.74) is 8.81. The number of amides is 2. The molecule has 2 amide bonds. The third-order valence-corrected chi connectivity index (χ3v) is 5.04. The smallest absolute Gasteiger partial charge is 0.267 e. The summed E-state index contributed by atoms with van der Waals surface area (Å²) in [6.45, 7) is 3.84. The Labute approximate surface area is 188 Å². The first-order valence-electron chi connectivity index (χ1n) is 9.96. The zero-order valence-corrected chi connectivity index (χ0v) is 17.3. The Morgan fingerprint density at radius 3 is 2.28 bits per heavy atom. The molecule has 9 nitrogen and oxygen atoms in total. The van der Waals surface area contributed by atoms with Crippen LogP contribution in [0.15, 0.2) is 42.6 Å². The third kappa shape index (κ3) is 6.52. The number of hydroxylamine groups is 1. The first-order chi connectivity index (χ1) is 15.0. The number of rotatable bonds is 5. The lowest BCUT2D eigenvalue weighted by atomic mass is 10.1. The lowest BCUT2D eigenvalue weighted by molar-refractivity contribution is -0.130. The van der Waals surface area contributed by atoms with Gasteiger partial charge in [0, 0.05) is 55.6 Å². The highest BCUT2D eigenvalue weighted by molar-refractivity contribution is 5.97. The van der Waals surface area contributed by atoms with E-state index in [-0.39, 0.29) is 14.0 Å². The second-order valence-corrected chi connectivity index (χ2v) is 7.26. The van der Waals surface area contributed by atoms with Gasteiger partial charge in [-0.1, -0.05) is 19.3 Å². The minimum atomic E-state index is -1.02. The van der Waals surface area contributed by atoms with Crippen molar-refractivity contribution in [3.63, 3.8) is 0 Å². The van der Waals surface area contributed by atoms with Crippen LogP contribution in [0.25, 0.3) is 0 Å². The van der Waals surface area contributed by atoms with Crippen LogP contribution >= 0.6 is 0 Å². The van der Waals surface area contributed by atoms with Crippen LogP contribution in [0.5, 0.6) is 0 Å². The van der Waals surface area contributed by atoms with Crippen molar-refractivity contribution in [2.75, 3.05) is 44.7 Å². The highest BCUT2D eigenvalue weighted by Crippen LogP contribution is 2.13. The fourth-order valence-electron chi connectivity index (χ4n) is 3.08. The molecular weight excluding hydrogens is 408 g/mol. The molecule has 5 N–H and O–H groups in total. The molecular formula is C23H30N6O3. The van der Waals surface area contributed by atoms with Gasteiger partial charge in [-0.2, -0.15) is 0 Å². The van der Waals surface area contributed by atoms with Crippen molar-refractivity contribution in [2.45, 2.75) is 13.5 Å². The largest absolute Gasteiger partial charge is 0.354 e. The summed E-state index contributed by atoms with van der Waals surface area (Å²) in [6, 6.07) is 9.58. The van der Waals surface area contributed by atoms with Gasteiger partial charge in [-0.05, 0) is 43.4 Å². The van der Waals surface area contributed by atoms with Crippen molar-refractivity contribution in [3.8, 4) is 11.8 Å². The highest BCUT2D eigenvalue weighted by atomic mass is 16.5. The normalized spacial score (nSPS) is 14.4. The van der Waals surface area contributed by atoms with Gasteiger partial charge in [-0.15, -0.1) is 0 Å². The monoisotopic (exact) mass is 438 g/mol. The number of nitrogens with zero attached hydrogens (tertiary/aromatic N) is 3. The molecule has 1 aromatic heterocycles. The molecule has 9 heteroatoms. The van der Waals surface area contributed by atoms with Crippen molar-refractivity contribution in [2.24, 2.45) is 5.73 Å². The molecule has 0 aliphatic carbocycles. The van der Waals surface area contributed by atoms with Gasteiger partial charge in [0.25, 0.3) is 11.8 Å². The standard InChI is InChI=1S/C22H26N6O3.CH4/c1-27-10-12-28(13-11-27)20-9-6-17(15-24-20)3-2-16-4-7-18(8-5-16)21(29)25-19(14-23)22(30)26-31;/h4-9,15,19,31H,10-14,23H2,1H3,(H,25,29)(H,26,30);1H4/t19-;/m0./s1. The van der Waals surface area contributed by atoms with Gasteiger partial charge in [0.15, 0.2) is 0 Å². The van der Waals surface area contributed by atoms with Crippen molar-refractivity contribution >= 4 is 17.6 Å². The number of anilines is 1. The van der Waals surface area contributed by atoms with Crippen LogP contribution in [0.1, 0.15) is 28.9 Å². The SMILES string of the molecule is C.CN1CCN(c2ccc(C#Cc3ccc(C(=O)N[C@@H](CN)C(=O)NO)cc3)cn2)CC1. The Morgan fingerprint density at radius 2 is 1.72 bits per heavy atom. The second kappa shape index (κ2) is 11.8. The molecule has 0 unspecified atom stereocenters. The number of carbonyl (C=O) groups is 2. The van der Waals surface area contributed by atoms with Crippen LogP contribution in [-0.4, -0.2) is 72.7 Å². The summed E-state index contributed by atoms with van der Waals surface area (Å²) in [6.07, 6.45) is 1.77. The van der Waals surface area contributed by atoms with Gasteiger partial charge in [0.1, 0.15) is 11.9 Å². The fraction of sp³-hybridized carbons (Fsp3) is 0.348. The molecule has 170 valence electrons. The van der Waals surface area contributed by atoms with Crippen LogP contribution < -0.4 is 21.4 Å². The first-order valence-corrected chi connectivity index (χ1v) is 9.96. The van der Waals surface area contributed by atoms with Gasteiger partial charge in [0.2, 0.25) is 0 Å². The molecule has 32 heavy (non-hydrogen) atoms. The molecule has 3 rings (SSSR count). The van der Waals surface area contributed by atoms with E-state index >= 15 is 0 Å². The molecule has 1 aromatic carbocycles.